The maximum atomic E-state index is 2.61. The molecule has 0 saturated heterocycles. The fourth-order valence-corrected chi connectivity index (χ4v) is 15.2. The van der Waals surface area contributed by atoms with Gasteiger partial charge in [0, 0.05) is 55.8 Å². The van der Waals surface area contributed by atoms with E-state index in [0.29, 0.717) is 0 Å². The van der Waals surface area contributed by atoms with E-state index in [1.807, 2.05) is 0 Å². The second kappa shape index (κ2) is 17.9. The summed E-state index contributed by atoms with van der Waals surface area (Å²) in [4.78, 5) is 7.54. The highest BCUT2D eigenvalue weighted by Crippen LogP contribution is 2.62. The van der Waals surface area contributed by atoms with Crippen molar-refractivity contribution in [3.05, 3.63) is 286 Å². The molecule has 0 saturated carbocycles. The van der Waals surface area contributed by atoms with Crippen molar-refractivity contribution in [2.24, 2.45) is 0 Å². The van der Waals surface area contributed by atoms with Gasteiger partial charge < -0.3 is 14.7 Å². The largest absolute Gasteiger partial charge is 0.318 e. The lowest BCUT2D eigenvalue weighted by Crippen LogP contribution is -2.38. The minimum atomic E-state index is -0.317. The summed E-state index contributed by atoms with van der Waals surface area (Å²) in [5.41, 5.74) is 32.1. The van der Waals surface area contributed by atoms with E-state index in [1.165, 1.54) is 123 Å². The monoisotopic (exact) mass is 1050 g/mol. The van der Waals surface area contributed by atoms with Crippen molar-refractivity contribution in [2.45, 2.75) is 103 Å². The van der Waals surface area contributed by atoms with E-state index in [2.05, 4.69) is 295 Å². The van der Waals surface area contributed by atoms with Gasteiger partial charge in [-0.3, -0.25) is 0 Å². The van der Waals surface area contributed by atoms with E-state index in [0.717, 1.165) is 42.7 Å². The Hall–Kier alpha value is -8.66. The van der Waals surface area contributed by atoms with Gasteiger partial charge in [-0.05, 0) is 218 Å². The van der Waals surface area contributed by atoms with Gasteiger partial charge in [0.25, 0.3) is 0 Å². The SMILES string of the molecule is CC1(C)C2=C(CCC(N(C3=CC=CCC3)c3ccccc3)=C2)c2ccc(-c3cc4c5c(c3)C(C)(C)c3cc(-c6ccc7c(c6)C(C)(C)c6cc(N(c8ccccc8)c8ccccc8)ccc6-7)ccc3N5c3ccccc3C4(C)C)cc21. The number of fused-ring (bicyclic) bond motifs is 9. The second-order valence-corrected chi connectivity index (χ2v) is 25.6. The average Bonchev–Trinajstić information content (AvgIpc) is 2.68. The second-order valence-electron chi connectivity index (χ2n) is 25.6. The van der Waals surface area contributed by atoms with Crippen LogP contribution < -0.4 is 14.7 Å². The molecule has 81 heavy (non-hydrogen) atoms. The summed E-state index contributed by atoms with van der Waals surface area (Å²) in [6.45, 7) is 19.6. The molecule has 9 aromatic carbocycles. The number of rotatable bonds is 8. The minimum Gasteiger partial charge on any atom is -0.318 e. The Balaban J connectivity index is 0.809. The van der Waals surface area contributed by atoms with Crippen LogP contribution in [0.4, 0.5) is 39.8 Å². The fraction of sp³-hybridized carbons (Fsp3) is 0.205. The van der Waals surface area contributed by atoms with Crippen molar-refractivity contribution in [2.75, 3.05) is 14.7 Å². The van der Waals surface area contributed by atoms with Gasteiger partial charge in [0.2, 0.25) is 0 Å². The summed E-state index contributed by atoms with van der Waals surface area (Å²) in [6.07, 6.45) is 13.6. The third-order valence-electron chi connectivity index (χ3n) is 19.6. The van der Waals surface area contributed by atoms with Crippen LogP contribution in [0, 0.1) is 0 Å². The number of nitrogens with zero attached hydrogens (tertiary/aromatic N) is 3. The molecule has 0 amide bonds. The maximum absolute atomic E-state index is 2.61. The molecule has 0 spiro atoms. The van der Waals surface area contributed by atoms with E-state index in [4.69, 9.17) is 0 Å². The molecule has 3 heteroatoms. The molecule has 2 aliphatic heterocycles. The summed E-state index contributed by atoms with van der Waals surface area (Å²) in [5.74, 6) is 0. The molecule has 3 nitrogen and oxygen atoms in total. The predicted octanol–water partition coefficient (Wildman–Crippen LogP) is 21.0. The highest BCUT2D eigenvalue weighted by Gasteiger charge is 2.47. The summed E-state index contributed by atoms with van der Waals surface area (Å²) >= 11 is 0. The summed E-state index contributed by atoms with van der Waals surface area (Å²) in [5, 5.41) is 0. The number of anilines is 7. The first-order chi connectivity index (χ1) is 39.2. The lowest BCUT2D eigenvalue weighted by molar-refractivity contribution is 0.598. The summed E-state index contributed by atoms with van der Waals surface area (Å²) < 4.78 is 0. The van der Waals surface area contributed by atoms with Crippen molar-refractivity contribution >= 4 is 45.4 Å². The molecular weight excluding hydrogens is 979 g/mol. The van der Waals surface area contributed by atoms with Gasteiger partial charge in [0.05, 0.1) is 17.1 Å². The normalized spacial score (nSPS) is 17.6. The molecule has 0 atom stereocenters. The fourth-order valence-electron chi connectivity index (χ4n) is 15.2. The lowest BCUT2D eigenvalue weighted by Gasteiger charge is -2.50. The number of hydrogen-bond donors (Lipinski definition) is 0. The zero-order chi connectivity index (χ0) is 55.2. The van der Waals surface area contributed by atoms with Crippen LogP contribution in [-0.2, 0) is 21.7 Å². The Kier molecular flexibility index (Phi) is 10.9. The first-order valence-corrected chi connectivity index (χ1v) is 29.4. The van der Waals surface area contributed by atoms with Gasteiger partial charge in [0.1, 0.15) is 0 Å². The van der Waals surface area contributed by atoms with Gasteiger partial charge >= 0.3 is 0 Å². The van der Waals surface area contributed by atoms with Crippen LogP contribution >= 0.6 is 0 Å². The first-order valence-electron chi connectivity index (χ1n) is 29.4. The Labute approximate surface area is 479 Å². The number of allylic oxidation sites excluding steroid dienone is 8. The summed E-state index contributed by atoms with van der Waals surface area (Å²) in [7, 11) is 0. The lowest BCUT2D eigenvalue weighted by atomic mass is 9.65. The molecule has 15 rings (SSSR count). The van der Waals surface area contributed by atoms with Crippen LogP contribution in [0.3, 0.4) is 0 Å². The quantitative estimate of drug-likeness (QED) is 0.150. The average molecular weight is 1050 g/mol. The highest BCUT2D eigenvalue weighted by atomic mass is 15.2. The zero-order valence-corrected chi connectivity index (χ0v) is 48.0. The molecule has 6 aliphatic rings. The zero-order valence-electron chi connectivity index (χ0n) is 48.0. The third-order valence-corrected chi connectivity index (χ3v) is 19.6. The highest BCUT2D eigenvalue weighted by molar-refractivity contribution is 5.96. The van der Waals surface area contributed by atoms with Crippen LogP contribution in [0.15, 0.2) is 241 Å². The van der Waals surface area contributed by atoms with Gasteiger partial charge in [-0.2, -0.15) is 0 Å². The van der Waals surface area contributed by atoms with E-state index in [1.54, 1.807) is 0 Å². The van der Waals surface area contributed by atoms with Crippen molar-refractivity contribution in [3.63, 3.8) is 0 Å². The Morgan fingerprint density at radius 1 is 0.358 bits per heavy atom. The van der Waals surface area contributed by atoms with Gasteiger partial charge in [-0.1, -0.05) is 177 Å². The van der Waals surface area contributed by atoms with Crippen molar-refractivity contribution in [3.8, 4) is 33.4 Å². The van der Waals surface area contributed by atoms with Gasteiger partial charge in [-0.15, -0.1) is 0 Å². The van der Waals surface area contributed by atoms with E-state index >= 15 is 0 Å². The summed E-state index contributed by atoms with van der Waals surface area (Å²) in [6, 6.07) is 75.8. The molecule has 0 fully saturated rings. The van der Waals surface area contributed by atoms with Crippen LogP contribution in [-0.4, -0.2) is 0 Å². The molecular formula is C78H69N3. The van der Waals surface area contributed by atoms with Crippen LogP contribution in [0.1, 0.15) is 126 Å². The maximum Gasteiger partial charge on any atom is 0.0544 e. The van der Waals surface area contributed by atoms with Crippen molar-refractivity contribution in [1.29, 1.82) is 0 Å². The smallest absolute Gasteiger partial charge is 0.0544 e. The van der Waals surface area contributed by atoms with E-state index in [-0.39, 0.29) is 21.7 Å². The molecule has 0 aromatic heterocycles. The number of benzene rings is 9. The molecule has 396 valence electrons. The molecule has 0 bridgehead atoms. The van der Waals surface area contributed by atoms with Gasteiger partial charge in [-0.25, -0.2) is 0 Å². The van der Waals surface area contributed by atoms with E-state index in [9.17, 15) is 0 Å². The van der Waals surface area contributed by atoms with Crippen molar-refractivity contribution < 1.29 is 0 Å². The third kappa shape index (κ3) is 7.40. The topological polar surface area (TPSA) is 9.72 Å². The Morgan fingerprint density at radius 3 is 1.49 bits per heavy atom. The number of hydrogen-bond acceptors (Lipinski definition) is 3. The molecule has 0 radical (unpaired) electrons. The number of para-hydroxylation sites is 4. The predicted molar refractivity (Wildman–Crippen MR) is 341 cm³/mol. The van der Waals surface area contributed by atoms with Crippen molar-refractivity contribution in [1.82, 2.24) is 0 Å². The van der Waals surface area contributed by atoms with E-state index < -0.39 is 0 Å². The first kappa shape index (κ1) is 49.4. The van der Waals surface area contributed by atoms with Gasteiger partial charge in [0.15, 0.2) is 0 Å². The molecule has 0 unspecified atom stereocenters. The van der Waals surface area contributed by atoms with Crippen LogP contribution in [0.25, 0.3) is 39.0 Å². The molecule has 2 heterocycles. The molecule has 4 aliphatic carbocycles. The Morgan fingerprint density at radius 2 is 0.852 bits per heavy atom. The Bertz CT molecular complexity index is 4180. The molecule has 9 aromatic rings. The van der Waals surface area contributed by atoms with Crippen LogP contribution in [0.5, 0.6) is 0 Å². The van der Waals surface area contributed by atoms with Crippen LogP contribution in [0.2, 0.25) is 0 Å². The standard InChI is InChI=1S/C78H69N3/c1-75(2)64-31-21-22-32-72(64)81-73-42-35-51(50-33-38-60-62-40-36-58(48-67(62)76(3,4)65(60)43-50)79(54-23-13-9-14-24-54)55-25-15-10-16-26-55)45-69(73)78(7,8)71-47-53(46-70(75)74(71)81)52-34-39-61-63-41-37-59(49-68(63)77(5,6)66(61)44-52)80(56-27-17-11-18-28-56)57-29-19-12-20-30-57/h9-19,21-29,31-36,38-40,42-49H,20,30,37,41H2,1-8H3. The molecule has 0 N–H and O–H groups in total. The minimum absolute atomic E-state index is 0.161.